The molecule has 2 aliphatic rings. The van der Waals surface area contributed by atoms with Gasteiger partial charge in [0.25, 0.3) is 0 Å². The van der Waals surface area contributed by atoms with Crippen LogP contribution in [-0.2, 0) is 4.79 Å². The normalized spacial score (nSPS) is 22.3. The molecule has 220 valence electrons. The zero-order chi connectivity index (χ0) is 30.1. The third-order valence-electron chi connectivity index (χ3n) is 10.7. The zero-order valence-corrected chi connectivity index (χ0v) is 30.4. The molecular weight excluding hydrogens is 633 g/mol. The van der Waals surface area contributed by atoms with Crippen molar-refractivity contribution in [3.8, 4) is 0 Å². The molecule has 42 heavy (non-hydrogen) atoms. The summed E-state index contributed by atoms with van der Waals surface area (Å²) in [6, 6.07) is 34.5. The quantitative estimate of drug-likeness (QED) is 0.227. The summed E-state index contributed by atoms with van der Waals surface area (Å²) >= 11 is -3.71. The van der Waals surface area contributed by atoms with E-state index in [0.717, 1.165) is 25.7 Å². The molecule has 0 aromatic heterocycles. The van der Waals surface area contributed by atoms with E-state index in [2.05, 4.69) is 141 Å². The van der Waals surface area contributed by atoms with Crippen LogP contribution < -0.4 is 10.7 Å². The Morgan fingerprint density at radius 2 is 1.38 bits per heavy atom. The van der Waals surface area contributed by atoms with Crippen LogP contribution in [0.15, 0.2) is 112 Å². The van der Waals surface area contributed by atoms with Gasteiger partial charge in [-0.2, -0.15) is 0 Å². The van der Waals surface area contributed by atoms with E-state index in [1.54, 1.807) is 5.57 Å². The van der Waals surface area contributed by atoms with E-state index in [1.165, 1.54) is 15.9 Å². The van der Waals surface area contributed by atoms with Crippen LogP contribution in [0.4, 0.5) is 0 Å². The van der Waals surface area contributed by atoms with Gasteiger partial charge in [-0.15, -0.1) is 0 Å². The van der Waals surface area contributed by atoms with Crippen LogP contribution in [0.1, 0.15) is 59.8 Å². The molecular formula is C38H49NOSiSn. The first-order valence-corrected chi connectivity index (χ1v) is 24.8. The minimum atomic E-state index is -3.71. The van der Waals surface area contributed by atoms with Crippen LogP contribution >= 0.6 is 0 Å². The SMILES string of the molecule is C=C([C@H]1C(=[CH][Sn]([c]2ccccc2)([c]2ccccc2)[c]2ccccc2)C[C@@H]2CCC(=O)N2[C@@H]1CCC)[Si](C)(C)C(C)(C)C. The Morgan fingerprint density at radius 1 is 0.905 bits per heavy atom. The zero-order valence-electron chi connectivity index (χ0n) is 26.6. The molecule has 0 N–H and O–H groups in total. The van der Waals surface area contributed by atoms with Crippen LogP contribution in [0, 0.1) is 5.92 Å². The van der Waals surface area contributed by atoms with Gasteiger partial charge < -0.3 is 0 Å². The molecule has 2 heterocycles. The van der Waals surface area contributed by atoms with Gasteiger partial charge in [-0.1, -0.05) is 0 Å². The third-order valence-corrected chi connectivity index (χ3v) is 29.3. The van der Waals surface area contributed by atoms with Gasteiger partial charge in [0.1, 0.15) is 0 Å². The third kappa shape index (κ3) is 5.52. The summed E-state index contributed by atoms with van der Waals surface area (Å²) in [5.41, 5.74) is 1.56. The van der Waals surface area contributed by atoms with Gasteiger partial charge >= 0.3 is 261 Å². The Bertz CT molecular complexity index is 1330. The monoisotopic (exact) mass is 683 g/mol. The van der Waals surface area contributed by atoms with Crippen LogP contribution in [-0.4, -0.2) is 49.3 Å². The maximum absolute atomic E-state index is 13.5. The van der Waals surface area contributed by atoms with Crippen LogP contribution in [0.5, 0.6) is 0 Å². The first-order valence-electron chi connectivity index (χ1n) is 15.9. The van der Waals surface area contributed by atoms with Gasteiger partial charge in [0, 0.05) is 0 Å². The first-order chi connectivity index (χ1) is 20.0. The number of benzene rings is 3. The molecule has 0 saturated carbocycles. The number of hydrogen-bond acceptors (Lipinski definition) is 1. The predicted molar refractivity (Wildman–Crippen MR) is 185 cm³/mol. The summed E-state index contributed by atoms with van der Waals surface area (Å²) in [5.74, 6) is 0.561. The Labute approximate surface area is 259 Å². The fourth-order valence-corrected chi connectivity index (χ4v) is 22.4. The van der Waals surface area contributed by atoms with Crippen molar-refractivity contribution in [2.24, 2.45) is 5.92 Å². The van der Waals surface area contributed by atoms with Crippen LogP contribution in [0.25, 0.3) is 0 Å². The summed E-state index contributed by atoms with van der Waals surface area (Å²) in [4.78, 5) is 15.8. The standard InChI is InChI=1S/C20H34NOSi.3C6H5.Sn/c1-9-10-17-19(15(3)23(7,8)20(4,5)6)14(2)13-16-11-12-18(22)21(16)17;3*1-2-4-6-5-3-1;/h2,16-17,19H,3,9-13H2,1,4-8H3;3*1-5H;/t16-,17+,19+;;;;/m0..../s1. The molecule has 0 radical (unpaired) electrons. The summed E-state index contributed by atoms with van der Waals surface area (Å²) in [6.07, 6.45) is 4.72. The van der Waals surface area contributed by atoms with Crippen molar-refractivity contribution in [3.63, 3.8) is 0 Å². The van der Waals surface area contributed by atoms with Crippen molar-refractivity contribution in [2.45, 2.75) is 90.0 Å². The van der Waals surface area contributed by atoms with Gasteiger partial charge in [-0.05, 0) is 0 Å². The molecule has 2 saturated heterocycles. The number of amides is 1. The van der Waals surface area contributed by atoms with Crippen molar-refractivity contribution in [1.82, 2.24) is 4.90 Å². The van der Waals surface area contributed by atoms with Crippen LogP contribution in [0.2, 0.25) is 18.1 Å². The Kier molecular flexibility index (Phi) is 9.11. The molecule has 4 heteroatoms. The molecule has 2 nitrogen and oxygen atoms in total. The van der Waals surface area contributed by atoms with Gasteiger partial charge in [0.15, 0.2) is 0 Å². The molecule has 2 aliphatic heterocycles. The summed E-state index contributed by atoms with van der Waals surface area (Å²) < 4.78 is 7.27. The molecule has 0 aliphatic carbocycles. The topological polar surface area (TPSA) is 20.3 Å². The number of hydrogen-bond donors (Lipinski definition) is 0. The van der Waals surface area contributed by atoms with Crippen molar-refractivity contribution in [2.75, 3.05) is 0 Å². The summed E-state index contributed by atoms with van der Waals surface area (Å²) in [5, 5.41) is 1.60. The van der Waals surface area contributed by atoms with Crippen molar-refractivity contribution < 1.29 is 4.79 Å². The fourth-order valence-electron chi connectivity index (χ4n) is 7.43. The molecule has 1 amide bonds. The summed E-state index contributed by atoms with van der Waals surface area (Å²) in [7, 11) is -1.94. The van der Waals surface area contributed by atoms with Gasteiger partial charge in [-0.3, -0.25) is 0 Å². The maximum atomic E-state index is 13.5. The Balaban J connectivity index is 1.83. The average Bonchev–Trinajstić information content (AvgIpc) is 3.36. The number of fused-ring (bicyclic) bond motifs is 1. The second kappa shape index (κ2) is 12.3. The predicted octanol–water partition coefficient (Wildman–Crippen LogP) is 7.41. The molecule has 5 rings (SSSR count). The van der Waals surface area contributed by atoms with Gasteiger partial charge in [-0.25, -0.2) is 0 Å². The van der Waals surface area contributed by atoms with E-state index >= 15 is 0 Å². The second-order valence-corrected chi connectivity index (χ2v) is 29.8. The van der Waals surface area contributed by atoms with Crippen LogP contribution in [0.3, 0.4) is 0 Å². The molecule has 2 fully saturated rings. The average molecular weight is 683 g/mol. The Morgan fingerprint density at radius 3 is 1.81 bits per heavy atom. The number of carbonyl (C=O) groups excluding carboxylic acids is 1. The van der Waals surface area contributed by atoms with E-state index in [1.807, 2.05) is 0 Å². The molecule has 3 aromatic rings. The first kappa shape index (κ1) is 31.1. The molecule has 3 aromatic carbocycles. The molecule has 3 atom stereocenters. The number of carbonyl (C=O) groups is 1. The number of piperidine rings is 1. The fraction of sp³-hybridized carbons (Fsp3) is 0.395. The van der Waals surface area contributed by atoms with E-state index < -0.39 is 26.5 Å². The van der Waals surface area contributed by atoms with Gasteiger partial charge in [0.05, 0.1) is 0 Å². The molecule has 0 unspecified atom stereocenters. The van der Waals surface area contributed by atoms with Crippen molar-refractivity contribution >= 4 is 43.1 Å². The second-order valence-electron chi connectivity index (χ2n) is 14.1. The van der Waals surface area contributed by atoms with E-state index in [9.17, 15) is 4.79 Å². The molecule has 0 bridgehead atoms. The van der Waals surface area contributed by atoms with Gasteiger partial charge in [0.2, 0.25) is 0 Å². The van der Waals surface area contributed by atoms with Crippen molar-refractivity contribution in [3.05, 3.63) is 112 Å². The summed E-state index contributed by atoms with van der Waals surface area (Å²) in [6.45, 7) is 19.5. The van der Waals surface area contributed by atoms with E-state index in [-0.39, 0.29) is 17.0 Å². The molecule has 0 spiro atoms. The number of nitrogens with zero attached hydrogens (tertiary/aromatic N) is 1. The number of rotatable bonds is 8. The van der Waals surface area contributed by atoms with Crippen molar-refractivity contribution in [1.29, 1.82) is 0 Å². The van der Waals surface area contributed by atoms with E-state index in [0.29, 0.717) is 18.4 Å². The minimum absolute atomic E-state index is 0.177. The van der Waals surface area contributed by atoms with E-state index in [4.69, 9.17) is 6.58 Å². The Hall–Kier alpha value is -2.37.